The van der Waals surface area contributed by atoms with E-state index in [2.05, 4.69) is 5.32 Å². The lowest BCUT2D eigenvalue weighted by Crippen LogP contribution is -2.51. The van der Waals surface area contributed by atoms with Gasteiger partial charge in [0.25, 0.3) is 17.7 Å². The van der Waals surface area contributed by atoms with Crippen LogP contribution < -0.4 is 5.32 Å². The Balaban J connectivity index is 1.55. The van der Waals surface area contributed by atoms with Crippen LogP contribution in [0.5, 0.6) is 0 Å². The first-order chi connectivity index (χ1) is 27.4. The lowest BCUT2D eigenvalue weighted by atomic mass is 9.81. The zero-order chi connectivity index (χ0) is 43.1. The number of carbonyl (C=O) groups excluding carboxylic acids is 8. The van der Waals surface area contributed by atoms with Crippen LogP contribution in [0.2, 0.25) is 0 Å². The number of nitrogens with one attached hydrogen (secondary N) is 1. The zero-order valence-electron chi connectivity index (χ0n) is 32.3. The zero-order valence-corrected chi connectivity index (χ0v) is 32.3. The highest BCUT2D eigenvalue weighted by Gasteiger charge is 2.38. The standard InChI is InChI=1S/C37H48N6O15/c1-23-6-5-7-26(16-23)35(55)38-14-3-4-15-40(20-32(49)50)31(48)19-41(21-33(51)52)30(47)17-39(2)29(46)18-42(22-34(53)54)36(56)24-8-10-25(11-9-24)37(57)58-43-27(44)12-13-28(43)45/h5-7,16,24-25H,3-4,8-15,17-22H2,1-2H3,(H,38,55)(H,49,50)(H,51,52)(H,53,54). The van der Waals surface area contributed by atoms with Gasteiger partial charge in [0.05, 0.1) is 12.5 Å². The van der Waals surface area contributed by atoms with E-state index in [4.69, 9.17) is 4.84 Å². The van der Waals surface area contributed by atoms with E-state index in [9.17, 15) is 68.1 Å². The number of aliphatic carboxylic acids is 3. The number of hydrogen-bond donors (Lipinski definition) is 4. The molecule has 2 aliphatic rings. The average molecular weight is 817 g/mol. The van der Waals surface area contributed by atoms with E-state index in [0.717, 1.165) is 27.3 Å². The molecule has 4 N–H and O–H groups in total. The van der Waals surface area contributed by atoms with E-state index in [0.29, 0.717) is 21.9 Å². The van der Waals surface area contributed by atoms with E-state index in [1.807, 2.05) is 13.0 Å². The van der Waals surface area contributed by atoms with Crippen LogP contribution in [0.15, 0.2) is 24.3 Å². The predicted octanol–water partition coefficient (Wildman–Crippen LogP) is -0.883. The number of amides is 7. The van der Waals surface area contributed by atoms with Gasteiger partial charge in [-0.25, -0.2) is 4.79 Å². The van der Waals surface area contributed by atoms with Crippen LogP contribution in [0, 0.1) is 18.8 Å². The fourth-order valence-electron chi connectivity index (χ4n) is 6.34. The van der Waals surface area contributed by atoms with Crippen LogP contribution >= 0.6 is 0 Å². The maximum atomic E-state index is 13.4. The molecule has 0 aromatic heterocycles. The van der Waals surface area contributed by atoms with E-state index >= 15 is 0 Å². The molecule has 0 atom stereocenters. The molecule has 21 nitrogen and oxygen atoms in total. The van der Waals surface area contributed by atoms with Gasteiger partial charge >= 0.3 is 23.9 Å². The van der Waals surface area contributed by atoms with Crippen molar-refractivity contribution in [1.29, 1.82) is 0 Å². The first kappa shape index (κ1) is 46.0. The molecule has 2 fully saturated rings. The Kier molecular flexibility index (Phi) is 17.3. The Bertz CT molecular complexity index is 1760. The molecular weight excluding hydrogens is 768 g/mol. The van der Waals surface area contributed by atoms with Crippen molar-refractivity contribution in [3.05, 3.63) is 35.4 Å². The van der Waals surface area contributed by atoms with Gasteiger partial charge in [-0.1, -0.05) is 17.7 Å². The van der Waals surface area contributed by atoms with Crippen molar-refractivity contribution in [2.24, 2.45) is 11.8 Å². The molecule has 1 saturated heterocycles. The SMILES string of the molecule is Cc1cccc(C(=O)NCCCCN(CC(=O)O)C(=O)CN(CC(=O)O)C(=O)CN(C)C(=O)CN(CC(=O)O)C(=O)C2CCC(C(=O)ON3C(=O)CCC3=O)CC2)c1. The first-order valence-electron chi connectivity index (χ1n) is 18.5. The summed E-state index contributed by atoms with van der Waals surface area (Å²) in [5, 5.41) is 31.5. The number of carboxylic acids is 3. The second-order valence-electron chi connectivity index (χ2n) is 14.1. The number of likely N-dealkylation sites (N-methyl/N-ethyl adjacent to an activating group) is 1. The summed E-state index contributed by atoms with van der Waals surface area (Å²) in [6.07, 6.45) is 0.871. The summed E-state index contributed by atoms with van der Waals surface area (Å²) >= 11 is 0. The average Bonchev–Trinajstić information content (AvgIpc) is 3.47. The number of carbonyl (C=O) groups is 11. The Hall–Kier alpha value is -6.41. The molecular formula is C37H48N6O15. The molecule has 7 amide bonds. The number of nitrogens with zero attached hydrogens (tertiary/aromatic N) is 5. The van der Waals surface area contributed by atoms with E-state index < -0.39 is 110 Å². The van der Waals surface area contributed by atoms with Crippen molar-refractivity contribution >= 4 is 65.2 Å². The molecule has 3 rings (SSSR count). The van der Waals surface area contributed by atoms with Crippen LogP contribution in [-0.4, -0.2) is 165 Å². The van der Waals surface area contributed by atoms with Crippen molar-refractivity contribution in [3.63, 3.8) is 0 Å². The summed E-state index contributed by atoms with van der Waals surface area (Å²) in [7, 11) is 1.14. The number of hydrogen-bond acceptors (Lipinski definition) is 12. The summed E-state index contributed by atoms with van der Waals surface area (Å²) in [6, 6.07) is 6.93. The predicted molar refractivity (Wildman–Crippen MR) is 196 cm³/mol. The van der Waals surface area contributed by atoms with E-state index in [1.54, 1.807) is 18.2 Å². The number of hydroxylamine groups is 2. The molecule has 0 unspecified atom stereocenters. The van der Waals surface area contributed by atoms with Crippen LogP contribution in [0.3, 0.4) is 0 Å². The molecule has 1 aliphatic carbocycles. The molecule has 0 spiro atoms. The topological polar surface area (TPSA) is 286 Å². The van der Waals surface area contributed by atoms with Gasteiger partial charge in [-0.2, -0.15) is 0 Å². The van der Waals surface area contributed by atoms with Crippen LogP contribution in [0.25, 0.3) is 0 Å². The Morgan fingerprint density at radius 1 is 0.707 bits per heavy atom. The number of aryl methyl sites for hydroxylation is 1. The molecule has 1 aromatic carbocycles. The smallest absolute Gasteiger partial charge is 0.336 e. The Labute approximate surface area is 332 Å². The number of rotatable bonds is 21. The number of unbranched alkanes of at least 4 members (excludes halogenated alkanes) is 1. The van der Waals surface area contributed by atoms with Gasteiger partial charge < -0.3 is 45.1 Å². The van der Waals surface area contributed by atoms with Gasteiger partial charge in [-0.15, -0.1) is 5.06 Å². The minimum atomic E-state index is -1.51. The molecule has 316 valence electrons. The second-order valence-corrected chi connectivity index (χ2v) is 14.1. The molecule has 58 heavy (non-hydrogen) atoms. The largest absolute Gasteiger partial charge is 0.480 e. The summed E-state index contributed by atoms with van der Waals surface area (Å²) in [5.41, 5.74) is 1.35. The monoisotopic (exact) mass is 816 g/mol. The lowest BCUT2D eigenvalue weighted by molar-refractivity contribution is -0.201. The molecule has 1 heterocycles. The molecule has 0 radical (unpaired) electrons. The van der Waals surface area contributed by atoms with Gasteiger partial charge in [0.15, 0.2) is 0 Å². The van der Waals surface area contributed by atoms with E-state index in [-0.39, 0.29) is 63.9 Å². The maximum Gasteiger partial charge on any atom is 0.336 e. The van der Waals surface area contributed by atoms with Crippen molar-refractivity contribution in [3.8, 4) is 0 Å². The lowest BCUT2D eigenvalue weighted by Gasteiger charge is -2.31. The second kappa shape index (κ2) is 21.8. The van der Waals surface area contributed by atoms with Gasteiger partial charge in [-0.05, 0) is 57.6 Å². The normalized spacial score (nSPS) is 16.2. The van der Waals surface area contributed by atoms with Gasteiger partial charge in [0.2, 0.25) is 23.6 Å². The fourth-order valence-corrected chi connectivity index (χ4v) is 6.34. The quantitative estimate of drug-likeness (QED) is 0.0866. The van der Waals surface area contributed by atoms with E-state index in [1.165, 1.54) is 0 Å². The molecule has 1 aromatic rings. The maximum absolute atomic E-state index is 13.4. The Morgan fingerprint density at radius 3 is 1.83 bits per heavy atom. The summed E-state index contributed by atoms with van der Waals surface area (Å²) in [6.45, 7) is -3.10. The van der Waals surface area contributed by atoms with Crippen molar-refractivity contribution in [1.82, 2.24) is 30.0 Å². The number of carboxylic acid groups (broad SMARTS) is 3. The highest BCUT2D eigenvalue weighted by Crippen LogP contribution is 2.31. The minimum Gasteiger partial charge on any atom is -0.480 e. The third-order valence-electron chi connectivity index (χ3n) is 9.46. The third kappa shape index (κ3) is 14.3. The number of benzene rings is 1. The summed E-state index contributed by atoms with van der Waals surface area (Å²) < 4.78 is 0. The molecule has 1 aliphatic heterocycles. The van der Waals surface area contributed by atoms with Crippen molar-refractivity contribution < 1.29 is 72.9 Å². The van der Waals surface area contributed by atoms with Crippen LogP contribution in [-0.2, 0) is 52.8 Å². The number of imide groups is 1. The molecule has 0 bridgehead atoms. The third-order valence-corrected chi connectivity index (χ3v) is 9.46. The highest BCUT2D eigenvalue weighted by atomic mass is 16.7. The van der Waals surface area contributed by atoms with Gasteiger partial charge in [-0.3, -0.25) is 47.9 Å². The first-order valence-corrected chi connectivity index (χ1v) is 18.5. The van der Waals surface area contributed by atoms with Gasteiger partial charge in [0.1, 0.15) is 32.7 Å². The highest BCUT2D eigenvalue weighted by molar-refractivity contribution is 6.01. The van der Waals surface area contributed by atoms with Crippen LogP contribution in [0.1, 0.15) is 67.3 Å². The van der Waals surface area contributed by atoms with Crippen LogP contribution in [0.4, 0.5) is 0 Å². The minimum absolute atomic E-state index is 0.0798. The summed E-state index contributed by atoms with van der Waals surface area (Å²) in [5.74, 6) is -11.8. The van der Waals surface area contributed by atoms with Crippen molar-refractivity contribution in [2.45, 2.75) is 58.3 Å². The van der Waals surface area contributed by atoms with Gasteiger partial charge in [0, 0.05) is 44.5 Å². The Morgan fingerprint density at radius 2 is 1.24 bits per heavy atom. The molecule has 1 saturated carbocycles. The van der Waals surface area contributed by atoms with Crippen molar-refractivity contribution in [2.75, 3.05) is 59.4 Å². The fraction of sp³-hybridized carbons (Fsp3) is 0.541. The summed E-state index contributed by atoms with van der Waals surface area (Å²) in [4.78, 5) is 144. The molecule has 21 heteroatoms.